The van der Waals surface area contributed by atoms with E-state index in [0.717, 1.165) is 0 Å². The fourth-order valence-corrected chi connectivity index (χ4v) is 3.41. The summed E-state index contributed by atoms with van der Waals surface area (Å²) in [4.78, 5) is 0. The van der Waals surface area contributed by atoms with Gasteiger partial charge in [0.15, 0.2) is 0 Å². The molecule has 4 nitrogen and oxygen atoms in total. The Kier molecular flexibility index (Phi) is 3.43. The monoisotopic (exact) mass is 224 g/mol. The van der Waals surface area contributed by atoms with E-state index < -0.39 is 0 Å². The van der Waals surface area contributed by atoms with Crippen molar-refractivity contribution < 1.29 is 0 Å². The van der Waals surface area contributed by atoms with Crippen LogP contribution in [-0.4, -0.2) is 37.3 Å². The lowest BCUT2D eigenvalue weighted by Crippen LogP contribution is -2.49. The maximum absolute atomic E-state index is 3.65. The zero-order valence-electron chi connectivity index (χ0n) is 9.97. The number of piperidine rings is 1. The van der Waals surface area contributed by atoms with Gasteiger partial charge < -0.3 is 10.6 Å². The Labute approximate surface area is 97.9 Å². The van der Waals surface area contributed by atoms with Crippen molar-refractivity contribution in [2.24, 2.45) is 0 Å². The lowest BCUT2D eigenvalue weighted by Gasteiger charge is -2.28. The van der Waals surface area contributed by atoms with Crippen LogP contribution in [0.3, 0.4) is 0 Å². The van der Waals surface area contributed by atoms with Gasteiger partial charge in [-0.05, 0) is 45.2 Å². The number of hydrogen-bond donors (Lipinski definition) is 4. The molecule has 3 saturated heterocycles. The smallest absolute Gasteiger partial charge is 0.0382 e. The standard InChI is InChI=1S/C12H24N4/c1-2-6-13-9(4-1)11-8-12(16-15-11)10-5-3-7-14-10/h9-16H,1-8H2. The second-order valence-electron chi connectivity index (χ2n) is 5.50. The van der Waals surface area contributed by atoms with Gasteiger partial charge in [0.2, 0.25) is 0 Å². The zero-order chi connectivity index (χ0) is 10.8. The Bertz CT molecular complexity index is 221. The summed E-state index contributed by atoms with van der Waals surface area (Å²) in [6.07, 6.45) is 8.03. The van der Waals surface area contributed by atoms with E-state index in [0.29, 0.717) is 24.2 Å². The van der Waals surface area contributed by atoms with Gasteiger partial charge in [-0.1, -0.05) is 6.42 Å². The minimum Gasteiger partial charge on any atom is -0.312 e. The summed E-state index contributed by atoms with van der Waals surface area (Å²) >= 11 is 0. The van der Waals surface area contributed by atoms with Crippen molar-refractivity contribution >= 4 is 0 Å². The SMILES string of the molecule is C1CCC(C2CC(C3CCCN3)NN2)NC1. The van der Waals surface area contributed by atoms with Gasteiger partial charge in [0, 0.05) is 24.2 Å². The topological polar surface area (TPSA) is 48.1 Å². The average Bonchev–Trinajstić information content (AvgIpc) is 3.01. The molecule has 0 aliphatic carbocycles. The number of hydrogen-bond acceptors (Lipinski definition) is 4. The Morgan fingerprint density at radius 1 is 0.625 bits per heavy atom. The third kappa shape index (κ3) is 2.25. The van der Waals surface area contributed by atoms with Crippen LogP contribution < -0.4 is 21.5 Å². The van der Waals surface area contributed by atoms with Crippen LogP contribution in [0.5, 0.6) is 0 Å². The fraction of sp³-hybridized carbons (Fsp3) is 1.00. The first kappa shape index (κ1) is 11.0. The van der Waals surface area contributed by atoms with Crippen LogP contribution in [0.4, 0.5) is 0 Å². The first-order valence-corrected chi connectivity index (χ1v) is 6.91. The van der Waals surface area contributed by atoms with Crippen molar-refractivity contribution in [2.75, 3.05) is 13.1 Å². The minimum absolute atomic E-state index is 0.632. The second kappa shape index (κ2) is 5.00. The molecule has 4 atom stereocenters. The van der Waals surface area contributed by atoms with Gasteiger partial charge in [-0.2, -0.15) is 0 Å². The highest BCUT2D eigenvalue weighted by Crippen LogP contribution is 2.21. The third-order valence-corrected chi connectivity index (χ3v) is 4.38. The van der Waals surface area contributed by atoms with Crippen LogP contribution in [0, 0.1) is 0 Å². The lowest BCUT2D eigenvalue weighted by molar-refractivity contribution is 0.324. The number of rotatable bonds is 2. The zero-order valence-corrected chi connectivity index (χ0v) is 9.97. The van der Waals surface area contributed by atoms with Crippen LogP contribution in [0.1, 0.15) is 38.5 Å². The van der Waals surface area contributed by atoms with E-state index in [9.17, 15) is 0 Å². The van der Waals surface area contributed by atoms with Crippen LogP contribution >= 0.6 is 0 Å². The van der Waals surface area contributed by atoms with E-state index in [-0.39, 0.29) is 0 Å². The molecule has 4 unspecified atom stereocenters. The molecular formula is C12H24N4. The van der Waals surface area contributed by atoms with Crippen molar-refractivity contribution in [2.45, 2.75) is 62.7 Å². The van der Waals surface area contributed by atoms with E-state index in [4.69, 9.17) is 0 Å². The molecule has 3 aliphatic heterocycles. The molecule has 3 rings (SSSR count). The predicted molar refractivity (Wildman–Crippen MR) is 65.1 cm³/mol. The molecule has 0 aromatic rings. The molecule has 0 bridgehead atoms. The van der Waals surface area contributed by atoms with Crippen LogP contribution in [0.25, 0.3) is 0 Å². The van der Waals surface area contributed by atoms with Gasteiger partial charge in [-0.3, -0.25) is 10.9 Å². The quantitative estimate of drug-likeness (QED) is 0.538. The predicted octanol–water partition coefficient (Wildman–Crippen LogP) is 0.116. The number of hydrazine groups is 1. The van der Waals surface area contributed by atoms with Crippen molar-refractivity contribution in [1.82, 2.24) is 21.5 Å². The van der Waals surface area contributed by atoms with Gasteiger partial charge in [0.05, 0.1) is 0 Å². The summed E-state index contributed by atoms with van der Waals surface area (Å²) < 4.78 is 0. The van der Waals surface area contributed by atoms with E-state index >= 15 is 0 Å². The lowest BCUT2D eigenvalue weighted by atomic mass is 9.93. The molecule has 92 valence electrons. The molecular weight excluding hydrogens is 200 g/mol. The van der Waals surface area contributed by atoms with Gasteiger partial charge in [-0.15, -0.1) is 0 Å². The Balaban J connectivity index is 1.51. The third-order valence-electron chi connectivity index (χ3n) is 4.38. The van der Waals surface area contributed by atoms with Crippen molar-refractivity contribution in [3.63, 3.8) is 0 Å². The molecule has 16 heavy (non-hydrogen) atoms. The minimum atomic E-state index is 0.632. The molecule has 4 heteroatoms. The summed E-state index contributed by atoms with van der Waals surface area (Å²) in [5, 5.41) is 7.25. The Morgan fingerprint density at radius 2 is 1.25 bits per heavy atom. The Hall–Kier alpha value is -0.160. The van der Waals surface area contributed by atoms with E-state index in [1.165, 1.54) is 51.6 Å². The average molecular weight is 224 g/mol. The number of nitrogens with one attached hydrogen (secondary N) is 4. The van der Waals surface area contributed by atoms with Gasteiger partial charge >= 0.3 is 0 Å². The first-order chi connectivity index (χ1) is 7.93. The summed E-state index contributed by atoms with van der Waals surface area (Å²) in [5.41, 5.74) is 6.99. The van der Waals surface area contributed by atoms with Crippen LogP contribution in [0.2, 0.25) is 0 Å². The molecule has 0 aromatic carbocycles. The second-order valence-corrected chi connectivity index (χ2v) is 5.50. The summed E-state index contributed by atoms with van der Waals surface area (Å²) in [6, 6.07) is 2.65. The molecule has 0 spiro atoms. The molecule has 0 radical (unpaired) electrons. The normalized spacial score (nSPS) is 45.0. The summed E-state index contributed by atoms with van der Waals surface area (Å²) in [6.45, 7) is 2.41. The van der Waals surface area contributed by atoms with Crippen molar-refractivity contribution in [3.05, 3.63) is 0 Å². The van der Waals surface area contributed by atoms with E-state index in [2.05, 4.69) is 21.5 Å². The highest BCUT2D eigenvalue weighted by molar-refractivity contribution is 4.97. The largest absolute Gasteiger partial charge is 0.312 e. The maximum atomic E-state index is 3.65. The highest BCUT2D eigenvalue weighted by atomic mass is 15.4. The molecule has 3 heterocycles. The van der Waals surface area contributed by atoms with Gasteiger partial charge in [0.1, 0.15) is 0 Å². The van der Waals surface area contributed by atoms with Gasteiger partial charge in [-0.25, -0.2) is 0 Å². The molecule has 3 fully saturated rings. The molecule has 0 aromatic heterocycles. The van der Waals surface area contributed by atoms with Gasteiger partial charge in [0.25, 0.3) is 0 Å². The van der Waals surface area contributed by atoms with E-state index in [1.807, 2.05) is 0 Å². The van der Waals surface area contributed by atoms with Crippen LogP contribution in [-0.2, 0) is 0 Å². The molecule has 4 N–H and O–H groups in total. The molecule has 0 amide bonds. The Morgan fingerprint density at radius 3 is 1.81 bits per heavy atom. The first-order valence-electron chi connectivity index (χ1n) is 6.91. The summed E-state index contributed by atoms with van der Waals surface area (Å²) in [5.74, 6) is 0. The van der Waals surface area contributed by atoms with Crippen molar-refractivity contribution in [3.8, 4) is 0 Å². The summed E-state index contributed by atoms with van der Waals surface area (Å²) in [7, 11) is 0. The fourth-order valence-electron chi connectivity index (χ4n) is 3.41. The molecule has 3 aliphatic rings. The van der Waals surface area contributed by atoms with E-state index in [1.54, 1.807) is 0 Å². The van der Waals surface area contributed by atoms with Crippen molar-refractivity contribution in [1.29, 1.82) is 0 Å². The maximum Gasteiger partial charge on any atom is 0.0382 e. The van der Waals surface area contributed by atoms with Crippen LogP contribution in [0.15, 0.2) is 0 Å². The molecule has 0 saturated carbocycles. The highest BCUT2D eigenvalue weighted by Gasteiger charge is 2.35.